The fourth-order valence-electron chi connectivity index (χ4n) is 1.33. The van der Waals surface area contributed by atoms with Gasteiger partial charge in [-0.05, 0) is 32.4 Å². The molecule has 1 aromatic rings. The first kappa shape index (κ1) is 14.0. The van der Waals surface area contributed by atoms with Gasteiger partial charge in [-0.3, -0.25) is 4.79 Å². The maximum Gasteiger partial charge on any atom is 0.242 e. The third-order valence-electron chi connectivity index (χ3n) is 2.62. The predicted octanol–water partition coefficient (Wildman–Crippen LogP) is 1.67. The van der Waals surface area contributed by atoms with Gasteiger partial charge in [-0.15, -0.1) is 0 Å². The van der Waals surface area contributed by atoms with Crippen molar-refractivity contribution in [2.24, 2.45) is 0 Å². The zero-order valence-corrected chi connectivity index (χ0v) is 10.9. The van der Waals surface area contributed by atoms with Crippen molar-refractivity contribution >= 4 is 11.7 Å². The first-order valence-corrected chi connectivity index (χ1v) is 6.01. The smallest absolute Gasteiger partial charge is 0.242 e. The number of amides is 1. The van der Waals surface area contributed by atoms with Crippen molar-refractivity contribution in [2.45, 2.75) is 39.3 Å². The second-order valence-corrected chi connectivity index (χ2v) is 4.20. The maximum absolute atomic E-state index is 11.8. The molecule has 96 valence electrons. The van der Waals surface area contributed by atoms with Crippen LogP contribution in [0.3, 0.4) is 0 Å². The van der Waals surface area contributed by atoms with Crippen LogP contribution in [0.2, 0.25) is 0 Å². The van der Waals surface area contributed by atoms with Crippen LogP contribution in [0.1, 0.15) is 32.9 Å². The Morgan fingerprint density at radius 2 is 2.22 bits per heavy atom. The van der Waals surface area contributed by atoms with Gasteiger partial charge in [0, 0.05) is 6.04 Å². The van der Waals surface area contributed by atoms with Crippen molar-refractivity contribution in [3.05, 3.63) is 23.9 Å². The van der Waals surface area contributed by atoms with Crippen molar-refractivity contribution in [3.8, 4) is 6.07 Å². The number of carbonyl (C=O) groups is 1. The highest BCUT2D eigenvalue weighted by Crippen LogP contribution is 2.06. The van der Waals surface area contributed by atoms with Crippen LogP contribution in [0.15, 0.2) is 18.2 Å². The molecule has 2 atom stereocenters. The molecule has 2 N–H and O–H groups in total. The molecule has 0 spiro atoms. The van der Waals surface area contributed by atoms with Crippen LogP contribution in [-0.4, -0.2) is 23.0 Å². The topological polar surface area (TPSA) is 77.8 Å². The monoisotopic (exact) mass is 246 g/mol. The van der Waals surface area contributed by atoms with Gasteiger partial charge in [0.25, 0.3) is 0 Å². The number of aromatic nitrogens is 1. The van der Waals surface area contributed by atoms with Crippen LogP contribution in [0, 0.1) is 11.3 Å². The van der Waals surface area contributed by atoms with Crippen LogP contribution in [0.4, 0.5) is 5.82 Å². The Morgan fingerprint density at radius 1 is 1.50 bits per heavy atom. The summed E-state index contributed by atoms with van der Waals surface area (Å²) >= 11 is 0. The number of hydrogen-bond donors (Lipinski definition) is 2. The van der Waals surface area contributed by atoms with E-state index in [-0.39, 0.29) is 18.0 Å². The average Bonchev–Trinajstić information content (AvgIpc) is 2.38. The van der Waals surface area contributed by atoms with Crippen LogP contribution in [0.5, 0.6) is 0 Å². The quantitative estimate of drug-likeness (QED) is 0.828. The van der Waals surface area contributed by atoms with Gasteiger partial charge in [0.2, 0.25) is 5.91 Å². The molecular weight excluding hydrogens is 228 g/mol. The van der Waals surface area contributed by atoms with Crippen LogP contribution in [0.25, 0.3) is 0 Å². The summed E-state index contributed by atoms with van der Waals surface area (Å²) in [4.78, 5) is 15.9. The first-order valence-electron chi connectivity index (χ1n) is 6.01. The molecule has 5 nitrogen and oxygen atoms in total. The molecule has 0 bridgehead atoms. The van der Waals surface area contributed by atoms with Crippen molar-refractivity contribution in [1.82, 2.24) is 10.3 Å². The molecule has 0 saturated heterocycles. The Labute approximate surface area is 107 Å². The molecule has 0 aliphatic heterocycles. The Morgan fingerprint density at radius 3 is 2.83 bits per heavy atom. The summed E-state index contributed by atoms with van der Waals surface area (Å²) in [6, 6.07) is 6.80. The zero-order chi connectivity index (χ0) is 13.5. The molecule has 0 fully saturated rings. The van der Waals surface area contributed by atoms with Gasteiger partial charge in [-0.25, -0.2) is 4.98 Å². The van der Waals surface area contributed by atoms with E-state index in [4.69, 9.17) is 5.26 Å². The number of nitrogens with one attached hydrogen (secondary N) is 2. The summed E-state index contributed by atoms with van der Waals surface area (Å²) in [5.74, 6) is 0.453. The first-order chi connectivity index (χ1) is 8.56. The van der Waals surface area contributed by atoms with E-state index in [1.165, 1.54) is 0 Å². The van der Waals surface area contributed by atoms with Crippen molar-refractivity contribution in [3.63, 3.8) is 0 Å². The number of nitrogens with zero attached hydrogens (tertiary/aromatic N) is 2. The van der Waals surface area contributed by atoms with E-state index < -0.39 is 0 Å². The van der Waals surface area contributed by atoms with Crippen molar-refractivity contribution in [1.29, 1.82) is 5.26 Å². The lowest BCUT2D eigenvalue weighted by molar-refractivity contribution is -0.122. The molecule has 1 aromatic heterocycles. The van der Waals surface area contributed by atoms with Gasteiger partial charge in [-0.2, -0.15) is 5.26 Å². The van der Waals surface area contributed by atoms with E-state index >= 15 is 0 Å². The summed E-state index contributed by atoms with van der Waals surface area (Å²) in [7, 11) is 0. The highest BCUT2D eigenvalue weighted by molar-refractivity contribution is 5.84. The summed E-state index contributed by atoms with van der Waals surface area (Å²) in [5, 5.41) is 14.6. The molecule has 1 heterocycles. The number of pyridine rings is 1. The Kier molecular flexibility index (Phi) is 5.12. The highest BCUT2D eigenvalue weighted by atomic mass is 16.2. The normalized spacial score (nSPS) is 13.2. The fourth-order valence-corrected chi connectivity index (χ4v) is 1.33. The van der Waals surface area contributed by atoms with Gasteiger partial charge in [-0.1, -0.05) is 13.0 Å². The maximum atomic E-state index is 11.8. The second kappa shape index (κ2) is 6.60. The molecule has 0 aliphatic carbocycles. The Balaban J connectivity index is 2.61. The van der Waals surface area contributed by atoms with E-state index in [9.17, 15) is 4.79 Å². The minimum Gasteiger partial charge on any atom is -0.359 e. The second-order valence-electron chi connectivity index (χ2n) is 4.20. The van der Waals surface area contributed by atoms with Gasteiger partial charge in [0.15, 0.2) is 0 Å². The summed E-state index contributed by atoms with van der Waals surface area (Å²) in [5.41, 5.74) is 0.328. The van der Waals surface area contributed by atoms with Gasteiger partial charge in [0.1, 0.15) is 23.6 Å². The number of nitriles is 1. The minimum absolute atomic E-state index is 0.0755. The largest absolute Gasteiger partial charge is 0.359 e. The van der Waals surface area contributed by atoms with Crippen molar-refractivity contribution in [2.75, 3.05) is 5.32 Å². The molecule has 1 amide bonds. The van der Waals surface area contributed by atoms with E-state index in [0.29, 0.717) is 11.5 Å². The van der Waals surface area contributed by atoms with Crippen molar-refractivity contribution < 1.29 is 4.79 Å². The lowest BCUT2D eigenvalue weighted by Gasteiger charge is -2.17. The Hall–Kier alpha value is -2.09. The van der Waals surface area contributed by atoms with E-state index in [0.717, 1.165) is 6.42 Å². The molecule has 2 unspecified atom stereocenters. The summed E-state index contributed by atoms with van der Waals surface area (Å²) < 4.78 is 0. The van der Waals surface area contributed by atoms with E-state index in [1.54, 1.807) is 25.1 Å². The zero-order valence-electron chi connectivity index (χ0n) is 10.9. The molecule has 0 radical (unpaired) electrons. The standard InChI is InChI=1S/C13H18N4O/c1-4-9(2)15-13(18)10(3)16-12-7-5-6-11(8-14)17-12/h5-7,9-10H,4H2,1-3H3,(H,15,18)(H,16,17). The average molecular weight is 246 g/mol. The fraction of sp³-hybridized carbons (Fsp3) is 0.462. The van der Waals surface area contributed by atoms with E-state index in [2.05, 4.69) is 15.6 Å². The third-order valence-corrected chi connectivity index (χ3v) is 2.62. The molecule has 1 rings (SSSR count). The molecule has 0 aromatic carbocycles. The lowest BCUT2D eigenvalue weighted by atomic mass is 10.2. The van der Waals surface area contributed by atoms with Crippen LogP contribution >= 0.6 is 0 Å². The minimum atomic E-state index is -0.388. The number of hydrogen-bond acceptors (Lipinski definition) is 4. The molecule has 5 heteroatoms. The Bertz CT molecular complexity index is 453. The summed E-state index contributed by atoms with van der Waals surface area (Å²) in [6.45, 7) is 5.73. The van der Waals surface area contributed by atoms with Gasteiger partial charge >= 0.3 is 0 Å². The molecule has 0 aliphatic rings. The number of rotatable bonds is 5. The van der Waals surface area contributed by atoms with Crippen LogP contribution < -0.4 is 10.6 Å². The third kappa shape index (κ3) is 4.06. The van der Waals surface area contributed by atoms with Gasteiger partial charge in [0.05, 0.1) is 0 Å². The molecular formula is C13H18N4O. The number of carbonyl (C=O) groups excluding carboxylic acids is 1. The highest BCUT2D eigenvalue weighted by Gasteiger charge is 2.14. The lowest BCUT2D eigenvalue weighted by Crippen LogP contribution is -2.42. The molecule has 18 heavy (non-hydrogen) atoms. The SMILES string of the molecule is CCC(C)NC(=O)C(C)Nc1cccc(C#N)n1. The molecule has 0 saturated carbocycles. The van der Waals surface area contributed by atoms with Crippen LogP contribution in [-0.2, 0) is 4.79 Å². The summed E-state index contributed by atoms with van der Waals surface area (Å²) in [6.07, 6.45) is 0.890. The van der Waals surface area contributed by atoms with E-state index in [1.807, 2.05) is 19.9 Å². The number of anilines is 1. The van der Waals surface area contributed by atoms with Gasteiger partial charge < -0.3 is 10.6 Å². The predicted molar refractivity (Wildman–Crippen MR) is 69.9 cm³/mol.